The van der Waals surface area contributed by atoms with Crippen molar-refractivity contribution in [2.75, 3.05) is 0 Å². The van der Waals surface area contributed by atoms with E-state index in [9.17, 15) is 13.5 Å². The number of sulfone groups is 1. The van der Waals surface area contributed by atoms with Gasteiger partial charge >= 0.3 is 0 Å². The van der Waals surface area contributed by atoms with Crippen LogP contribution in [0, 0.1) is 0 Å². The zero-order valence-electron chi connectivity index (χ0n) is 30.2. The molecule has 0 spiro atoms. The summed E-state index contributed by atoms with van der Waals surface area (Å²) in [5.41, 5.74) is 12.2. The van der Waals surface area contributed by atoms with Crippen molar-refractivity contribution >= 4 is 9.84 Å². The van der Waals surface area contributed by atoms with E-state index in [1.54, 1.807) is 19.1 Å². The van der Waals surface area contributed by atoms with Crippen LogP contribution in [0.1, 0.15) is 37.0 Å². The van der Waals surface area contributed by atoms with Crippen molar-refractivity contribution in [2.45, 2.75) is 30.8 Å². The molecular formula is C50H40O3S. The first-order valence-corrected chi connectivity index (χ1v) is 19.8. The maximum atomic E-state index is 14.3. The molecule has 3 nitrogen and oxygen atoms in total. The number of rotatable bonds is 7. The largest absolute Gasteiger partial charge is 0.384 e. The molecule has 8 rings (SSSR count). The van der Waals surface area contributed by atoms with Gasteiger partial charge in [0.05, 0.1) is 9.80 Å². The number of aliphatic hydroxyl groups is 1. The second-order valence-corrected chi connectivity index (χ2v) is 15.7. The summed E-state index contributed by atoms with van der Waals surface area (Å²) >= 11 is 0. The number of aliphatic hydroxyl groups excluding tert-OH is 1. The normalized spacial score (nSPS) is 16.9. The molecule has 1 heterocycles. The molecule has 2 unspecified atom stereocenters. The highest BCUT2D eigenvalue weighted by atomic mass is 32.2. The third kappa shape index (κ3) is 6.78. The molecule has 54 heavy (non-hydrogen) atoms. The Morgan fingerprint density at radius 3 is 1.30 bits per heavy atom. The van der Waals surface area contributed by atoms with E-state index in [0.29, 0.717) is 11.1 Å². The second-order valence-electron chi connectivity index (χ2n) is 13.8. The molecule has 7 aromatic carbocycles. The van der Waals surface area contributed by atoms with E-state index in [-0.39, 0.29) is 15.7 Å². The van der Waals surface area contributed by atoms with Gasteiger partial charge in [-0.3, -0.25) is 0 Å². The lowest BCUT2D eigenvalue weighted by Gasteiger charge is -2.28. The Morgan fingerprint density at radius 2 is 0.889 bits per heavy atom. The van der Waals surface area contributed by atoms with Gasteiger partial charge in [-0.05, 0) is 110 Å². The van der Waals surface area contributed by atoms with Crippen molar-refractivity contribution in [2.24, 2.45) is 0 Å². The molecule has 0 aliphatic carbocycles. The van der Waals surface area contributed by atoms with E-state index < -0.39 is 15.9 Å². The van der Waals surface area contributed by atoms with Gasteiger partial charge in [0.15, 0.2) is 0 Å². The minimum atomic E-state index is -3.91. The molecule has 0 saturated heterocycles. The zero-order chi connectivity index (χ0) is 37.2. The third-order valence-corrected chi connectivity index (χ3v) is 12.3. The first kappa shape index (κ1) is 35.0. The lowest BCUT2D eigenvalue weighted by molar-refractivity contribution is 0.213. The molecule has 1 N–H and O–H groups in total. The Bertz CT molecular complexity index is 2510. The summed E-state index contributed by atoms with van der Waals surface area (Å²) in [6.45, 7) is 3.78. The fourth-order valence-corrected chi connectivity index (χ4v) is 9.29. The topological polar surface area (TPSA) is 54.4 Å². The predicted molar refractivity (Wildman–Crippen MR) is 222 cm³/mol. The Balaban J connectivity index is 1.24. The summed E-state index contributed by atoms with van der Waals surface area (Å²) in [7, 11) is -3.91. The number of fused-ring (bicyclic) bond motifs is 1. The van der Waals surface area contributed by atoms with Crippen molar-refractivity contribution in [3.05, 3.63) is 210 Å². The number of allylic oxidation sites excluding steroid dienone is 2. The molecular weight excluding hydrogens is 681 g/mol. The van der Waals surface area contributed by atoms with Gasteiger partial charge in [-0.25, -0.2) is 8.42 Å². The highest BCUT2D eigenvalue weighted by Crippen LogP contribution is 2.46. The summed E-state index contributed by atoms with van der Waals surface area (Å²) in [6, 6.07) is 59.3. The van der Waals surface area contributed by atoms with Gasteiger partial charge in [-0.2, -0.15) is 0 Å². The summed E-state index contributed by atoms with van der Waals surface area (Å²) in [5.74, 6) is -0.216. The van der Waals surface area contributed by atoms with Crippen molar-refractivity contribution in [1.29, 1.82) is 0 Å². The second kappa shape index (κ2) is 14.7. The molecule has 2 atom stereocenters. The van der Waals surface area contributed by atoms with E-state index in [0.717, 1.165) is 61.2 Å². The maximum Gasteiger partial charge on any atom is 0.207 e. The van der Waals surface area contributed by atoms with Gasteiger partial charge in [0.25, 0.3) is 0 Å². The predicted octanol–water partition coefficient (Wildman–Crippen LogP) is 12.5. The first-order chi connectivity index (χ1) is 26.3. The quantitative estimate of drug-likeness (QED) is 0.178. The molecule has 0 amide bonds. The Hall–Kier alpha value is -6.07. The first-order valence-electron chi connectivity index (χ1n) is 18.3. The molecule has 1 aliphatic heterocycles. The third-order valence-electron chi connectivity index (χ3n) is 10.3. The Kier molecular flexibility index (Phi) is 9.56. The van der Waals surface area contributed by atoms with Crippen LogP contribution in [0.15, 0.2) is 203 Å². The number of hydrogen-bond donors (Lipinski definition) is 1. The van der Waals surface area contributed by atoms with Crippen molar-refractivity contribution in [1.82, 2.24) is 0 Å². The summed E-state index contributed by atoms with van der Waals surface area (Å²) < 4.78 is 28.6. The molecule has 264 valence electrons. The maximum absolute atomic E-state index is 14.3. The zero-order valence-corrected chi connectivity index (χ0v) is 31.0. The van der Waals surface area contributed by atoms with Gasteiger partial charge in [0.2, 0.25) is 9.84 Å². The molecule has 0 saturated carbocycles. The highest BCUT2D eigenvalue weighted by Gasteiger charge is 2.37. The average Bonchev–Trinajstić information content (AvgIpc) is 3.23. The molecule has 0 aromatic heterocycles. The van der Waals surface area contributed by atoms with Crippen LogP contribution in [0.3, 0.4) is 0 Å². The van der Waals surface area contributed by atoms with Crippen molar-refractivity contribution < 1.29 is 13.5 Å². The fraction of sp³-hybridized carbons (Fsp3) is 0.0800. The van der Waals surface area contributed by atoms with E-state index >= 15 is 0 Å². The van der Waals surface area contributed by atoms with Crippen LogP contribution in [-0.2, 0) is 9.84 Å². The van der Waals surface area contributed by atoms with Crippen LogP contribution in [0.4, 0.5) is 0 Å². The SMILES string of the molecule is C/C=C1\C(=C/C(C)c2cc(-c3ccccc3)cc(-c3ccccc3)c2)C(O)c2cc(-c3cc(-c4ccccc4)cc(-c4ccccc4)c3)ccc2S1(=O)=O. The van der Waals surface area contributed by atoms with Crippen LogP contribution in [0.2, 0.25) is 0 Å². The molecule has 1 aliphatic rings. The van der Waals surface area contributed by atoms with E-state index in [1.165, 1.54) is 0 Å². The van der Waals surface area contributed by atoms with E-state index in [1.807, 2.05) is 91.0 Å². The molecule has 0 fully saturated rings. The molecule has 0 radical (unpaired) electrons. The molecule has 4 heteroatoms. The van der Waals surface area contributed by atoms with Gasteiger partial charge in [0.1, 0.15) is 6.10 Å². The van der Waals surface area contributed by atoms with Gasteiger partial charge < -0.3 is 5.11 Å². The monoisotopic (exact) mass is 720 g/mol. The summed E-state index contributed by atoms with van der Waals surface area (Å²) in [5, 5.41) is 12.2. The summed E-state index contributed by atoms with van der Waals surface area (Å²) in [4.78, 5) is 0.277. The summed E-state index contributed by atoms with van der Waals surface area (Å²) in [6.07, 6.45) is 2.39. The lowest BCUT2D eigenvalue weighted by Crippen LogP contribution is -2.22. The number of hydrogen-bond acceptors (Lipinski definition) is 3. The van der Waals surface area contributed by atoms with Crippen molar-refractivity contribution in [3.8, 4) is 55.6 Å². The average molecular weight is 721 g/mol. The standard InChI is InChI=1S/C50H40O3S/c1-3-48-46(26-34(2)40-27-41(35-16-8-4-9-17-35)29-42(28-40)36-18-10-5-11-19-36)50(51)47-33-39(24-25-49(47)54(48,52)53)45-31-43(37-20-12-6-13-21-37)30-44(32-45)38-22-14-7-15-23-38/h3-34,50-51H,1-2H3/b46-26+,48-3+. The molecule has 0 bridgehead atoms. The van der Waals surface area contributed by atoms with E-state index in [2.05, 4.69) is 91.9 Å². The minimum Gasteiger partial charge on any atom is -0.384 e. The smallest absolute Gasteiger partial charge is 0.207 e. The van der Waals surface area contributed by atoms with Crippen LogP contribution >= 0.6 is 0 Å². The van der Waals surface area contributed by atoms with Crippen LogP contribution in [0.5, 0.6) is 0 Å². The van der Waals surface area contributed by atoms with Crippen LogP contribution in [-0.4, -0.2) is 13.5 Å². The highest BCUT2D eigenvalue weighted by molar-refractivity contribution is 7.95. The fourth-order valence-electron chi connectivity index (χ4n) is 7.52. The van der Waals surface area contributed by atoms with Crippen molar-refractivity contribution in [3.63, 3.8) is 0 Å². The lowest BCUT2D eigenvalue weighted by atomic mass is 9.88. The van der Waals surface area contributed by atoms with E-state index in [4.69, 9.17) is 0 Å². The van der Waals surface area contributed by atoms with Crippen LogP contribution in [0.25, 0.3) is 55.6 Å². The number of benzene rings is 7. The Labute approximate surface area is 318 Å². The molecule has 7 aromatic rings. The van der Waals surface area contributed by atoms with Gasteiger partial charge in [-0.1, -0.05) is 159 Å². The Morgan fingerprint density at radius 1 is 0.500 bits per heavy atom. The van der Waals surface area contributed by atoms with Gasteiger partial charge in [0, 0.05) is 11.1 Å². The van der Waals surface area contributed by atoms with Gasteiger partial charge in [-0.15, -0.1) is 0 Å². The van der Waals surface area contributed by atoms with Crippen LogP contribution < -0.4 is 0 Å². The minimum absolute atomic E-state index is 0.136.